The van der Waals surface area contributed by atoms with Crippen molar-refractivity contribution in [3.63, 3.8) is 0 Å². The molecule has 0 saturated carbocycles. The van der Waals surface area contributed by atoms with E-state index in [2.05, 4.69) is 36.4 Å². The van der Waals surface area contributed by atoms with Crippen LogP contribution in [0.3, 0.4) is 0 Å². The number of nitrogens with one attached hydrogen (secondary N) is 2. The second-order valence-electron chi connectivity index (χ2n) is 8.41. The van der Waals surface area contributed by atoms with Crippen molar-refractivity contribution < 1.29 is 19.0 Å². The molecule has 10 heteroatoms. The number of carbonyl (C=O) groups is 1. The number of piperidine rings is 1. The average Bonchev–Trinajstić information content (AvgIpc) is 2.92. The molecular weight excluding hydrogens is 526 g/mol. The number of hydrogen-bond donors (Lipinski definition) is 2. The maximum Gasteiger partial charge on any atom is 0.229 e. The maximum absolute atomic E-state index is 12.9. The van der Waals surface area contributed by atoms with Crippen molar-refractivity contribution >= 4 is 39.3 Å². The normalized spacial score (nSPS) is 15.2. The van der Waals surface area contributed by atoms with Crippen LogP contribution in [-0.4, -0.2) is 50.3 Å². The molecular formula is C26H30BrN5O4. The van der Waals surface area contributed by atoms with Gasteiger partial charge in [-0.3, -0.25) is 4.79 Å². The Morgan fingerprint density at radius 2 is 1.81 bits per heavy atom. The summed E-state index contributed by atoms with van der Waals surface area (Å²) < 4.78 is 17.3. The summed E-state index contributed by atoms with van der Waals surface area (Å²) in [6.45, 7) is 1.95. The smallest absolute Gasteiger partial charge is 0.229 e. The first-order valence-electron chi connectivity index (χ1n) is 11.7. The molecule has 190 valence electrons. The Morgan fingerprint density at radius 3 is 2.47 bits per heavy atom. The molecule has 2 aromatic carbocycles. The number of benzene rings is 2. The quantitative estimate of drug-likeness (QED) is 0.397. The lowest BCUT2D eigenvalue weighted by Crippen LogP contribution is -2.43. The molecule has 36 heavy (non-hydrogen) atoms. The van der Waals surface area contributed by atoms with Crippen LogP contribution < -0.4 is 29.7 Å². The molecule has 1 fully saturated rings. The van der Waals surface area contributed by atoms with Crippen LogP contribution in [0, 0.1) is 5.92 Å². The van der Waals surface area contributed by atoms with Crippen molar-refractivity contribution in [2.45, 2.75) is 19.4 Å². The highest BCUT2D eigenvalue weighted by atomic mass is 79.9. The van der Waals surface area contributed by atoms with Crippen molar-refractivity contribution in [2.75, 3.05) is 44.6 Å². The molecule has 0 spiro atoms. The Hall–Kier alpha value is -3.53. The number of amides is 1. The highest BCUT2D eigenvalue weighted by Gasteiger charge is 2.26. The zero-order valence-corrected chi connectivity index (χ0v) is 22.2. The Labute approximate surface area is 219 Å². The Bertz CT molecular complexity index is 1170. The van der Waals surface area contributed by atoms with Gasteiger partial charge in [0.05, 0.1) is 27.2 Å². The second-order valence-corrected chi connectivity index (χ2v) is 9.32. The molecule has 2 N–H and O–H groups in total. The van der Waals surface area contributed by atoms with Crippen LogP contribution in [0.2, 0.25) is 0 Å². The third-order valence-corrected chi connectivity index (χ3v) is 6.59. The van der Waals surface area contributed by atoms with Crippen molar-refractivity contribution in [1.29, 1.82) is 0 Å². The number of carbonyl (C=O) groups excluding carboxylic acids is 1. The van der Waals surface area contributed by atoms with Gasteiger partial charge < -0.3 is 29.7 Å². The second kappa shape index (κ2) is 11.9. The Morgan fingerprint density at radius 1 is 1.08 bits per heavy atom. The Kier molecular flexibility index (Phi) is 8.48. The SMILES string of the molecule is COc1cc(Nc2nccc(N3CCC[C@H](C(=O)NCc4ccc(Br)cc4)C3)n2)cc(OC)c1OC. The molecule has 0 bridgehead atoms. The topological polar surface area (TPSA) is 97.8 Å². The fourth-order valence-corrected chi connectivity index (χ4v) is 4.47. The van der Waals surface area contributed by atoms with Crippen molar-refractivity contribution in [3.05, 3.63) is 58.7 Å². The van der Waals surface area contributed by atoms with Gasteiger partial charge in [0.25, 0.3) is 0 Å². The van der Waals surface area contributed by atoms with E-state index in [1.165, 1.54) is 0 Å². The monoisotopic (exact) mass is 555 g/mol. The minimum absolute atomic E-state index is 0.0625. The van der Waals surface area contributed by atoms with Crippen LogP contribution in [0.5, 0.6) is 17.2 Å². The van der Waals surface area contributed by atoms with Gasteiger partial charge in [-0.1, -0.05) is 28.1 Å². The summed E-state index contributed by atoms with van der Waals surface area (Å²) in [5.41, 5.74) is 1.77. The van der Waals surface area contributed by atoms with Gasteiger partial charge in [0, 0.05) is 48.1 Å². The molecule has 1 saturated heterocycles. The van der Waals surface area contributed by atoms with Gasteiger partial charge in [0.1, 0.15) is 5.82 Å². The zero-order valence-electron chi connectivity index (χ0n) is 20.6. The lowest BCUT2D eigenvalue weighted by Gasteiger charge is -2.33. The number of halogens is 1. The lowest BCUT2D eigenvalue weighted by molar-refractivity contribution is -0.125. The van der Waals surface area contributed by atoms with Gasteiger partial charge in [0.15, 0.2) is 11.5 Å². The van der Waals surface area contributed by atoms with Gasteiger partial charge in [-0.05, 0) is 36.6 Å². The van der Waals surface area contributed by atoms with E-state index in [9.17, 15) is 4.79 Å². The number of methoxy groups -OCH3 is 3. The van der Waals surface area contributed by atoms with Gasteiger partial charge >= 0.3 is 0 Å². The molecule has 1 amide bonds. The van der Waals surface area contributed by atoms with E-state index >= 15 is 0 Å². The predicted octanol–water partition coefficient (Wildman–Crippen LogP) is 4.54. The molecule has 2 heterocycles. The van der Waals surface area contributed by atoms with E-state index in [0.717, 1.165) is 35.2 Å². The molecule has 1 aliphatic rings. The van der Waals surface area contributed by atoms with Crippen molar-refractivity contribution in [3.8, 4) is 17.2 Å². The number of hydrogen-bond acceptors (Lipinski definition) is 8. The zero-order chi connectivity index (χ0) is 25.5. The van der Waals surface area contributed by atoms with Gasteiger partial charge in [0.2, 0.25) is 17.6 Å². The first-order chi connectivity index (χ1) is 17.5. The highest BCUT2D eigenvalue weighted by Crippen LogP contribution is 2.40. The van der Waals surface area contributed by atoms with Crippen LogP contribution >= 0.6 is 15.9 Å². The van der Waals surface area contributed by atoms with Crippen LogP contribution in [0.4, 0.5) is 17.5 Å². The Balaban J connectivity index is 1.42. The van der Waals surface area contributed by atoms with E-state index in [0.29, 0.717) is 42.0 Å². The van der Waals surface area contributed by atoms with Crippen LogP contribution in [0.25, 0.3) is 0 Å². The molecule has 0 unspecified atom stereocenters. The summed E-state index contributed by atoms with van der Waals surface area (Å²) in [6, 6.07) is 13.4. The van der Waals surface area contributed by atoms with Gasteiger partial charge in [-0.2, -0.15) is 4.98 Å². The lowest BCUT2D eigenvalue weighted by atomic mass is 9.97. The average molecular weight is 556 g/mol. The van der Waals surface area contributed by atoms with E-state index < -0.39 is 0 Å². The van der Waals surface area contributed by atoms with Crippen LogP contribution in [0.15, 0.2) is 53.1 Å². The predicted molar refractivity (Wildman–Crippen MR) is 142 cm³/mol. The van der Waals surface area contributed by atoms with Gasteiger partial charge in [-0.15, -0.1) is 0 Å². The summed E-state index contributed by atoms with van der Waals surface area (Å²) in [6.07, 6.45) is 3.47. The molecule has 3 aromatic rings. The summed E-state index contributed by atoms with van der Waals surface area (Å²) in [5.74, 6) is 2.74. The molecule has 9 nitrogen and oxygen atoms in total. The number of nitrogens with zero attached hydrogens (tertiary/aromatic N) is 3. The number of rotatable bonds is 9. The molecule has 1 aliphatic heterocycles. The highest BCUT2D eigenvalue weighted by molar-refractivity contribution is 9.10. The molecule has 1 aromatic heterocycles. The minimum atomic E-state index is -0.101. The van der Waals surface area contributed by atoms with Gasteiger partial charge in [-0.25, -0.2) is 4.98 Å². The van der Waals surface area contributed by atoms with Crippen molar-refractivity contribution in [2.24, 2.45) is 5.92 Å². The third-order valence-electron chi connectivity index (χ3n) is 6.06. The van der Waals surface area contributed by atoms with E-state index in [1.54, 1.807) is 39.7 Å². The summed E-state index contributed by atoms with van der Waals surface area (Å²) >= 11 is 3.43. The third kappa shape index (κ3) is 6.17. The first kappa shape index (κ1) is 25.6. The number of anilines is 3. The van der Waals surface area contributed by atoms with Crippen LogP contribution in [-0.2, 0) is 11.3 Å². The molecule has 4 rings (SSSR count). The van der Waals surface area contributed by atoms with E-state index in [4.69, 9.17) is 19.2 Å². The summed E-state index contributed by atoms with van der Waals surface area (Å²) in [7, 11) is 4.70. The number of ether oxygens (including phenoxy) is 3. The summed E-state index contributed by atoms with van der Waals surface area (Å²) in [5, 5.41) is 6.29. The fraction of sp³-hybridized carbons (Fsp3) is 0.346. The molecule has 0 aliphatic carbocycles. The maximum atomic E-state index is 12.9. The molecule has 1 atom stereocenters. The standard InChI is InChI=1S/C26H30BrN5O4/c1-34-21-13-20(14-22(35-2)24(21)36-3)30-26-28-11-10-23(31-26)32-12-4-5-18(16-32)25(33)29-15-17-6-8-19(27)9-7-17/h6-11,13-14,18H,4-5,12,15-16H2,1-3H3,(H,29,33)(H,28,30,31)/t18-/m0/s1. The minimum Gasteiger partial charge on any atom is -0.493 e. The van der Waals surface area contributed by atoms with Crippen LogP contribution in [0.1, 0.15) is 18.4 Å². The largest absolute Gasteiger partial charge is 0.493 e. The summed E-state index contributed by atoms with van der Waals surface area (Å²) in [4.78, 5) is 24.1. The molecule has 0 radical (unpaired) electrons. The van der Waals surface area contributed by atoms with Crippen molar-refractivity contribution in [1.82, 2.24) is 15.3 Å². The number of aromatic nitrogens is 2. The first-order valence-corrected chi connectivity index (χ1v) is 12.5. The van der Waals surface area contributed by atoms with E-state index in [1.807, 2.05) is 30.3 Å². The van der Waals surface area contributed by atoms with E-state index in [-0.39, 0.29) is 11.8 Å². The fourth-order valence-electron chi connectivity index (χ4n) is 4.20.